The highest BCUT2D eigenvalue weighted by molar-refractivity contribution is 5.66. The van der Waals surface area contributed by atoms with Crippen LogP contribution in [0.3, 0.4) is 0 Å². The van der Waals surface area contributed by atoms with Gasteiger partial charge in [0.1, 0.15) is 0 Å². The number of hydroxylamine groups is 1. The van der Waals surface area contributed by atoms with Crippen LogP contribution in [0.1, 0.15) is 50.5 Å². The average molecular weight is 418 g/mol. The van der Waals surface area contributed by atoms with Crippen molar-refractivity contribution >= 4 is 12.1 Å². The molecule has 0 unspecified atom stereocenters. The molecule has 7 heteroatoms. The molecular weight excluding hydrogens is 386 g/mol. The van der Waals surface area contributed by atoms with Gasteiger partial charge in [-0.15, -0.1) is 0 Å². The van der Waals surface area contributed by atoms with Gasteiger partial charge in [-0.05, 0) is 55.9 Å². The first-order valence-electron chi connectivity index (χ1n) is 10.7. The molecule has 2 aliphatic rings. The van der Waals surface area contributed by atoms with Crippen molar-refractivity contribution in [1.82, 2.24) is 5.48 Å². The maximum atomic E-state index is 11.8. The maximum absolute atomic E-state index is 11.8. The summed E-state index contributed by atoms with van der Waals surface area (Å²) in [4.78, 5) is 27.6. The van der Waals surface area contributed by atoms with Gasteiger partial charge < -0.3 is 14.6 Å². The second-order valence-corrected chi connectivity index (χ2v) is 7.91. The zero-order valence-corrected chi connectivity index (χ0v) is 17.2. The number of unbranched alkanes of at least 4 members (excludes halogenated alkanes) is 1. The third-order valence-corrected chi connectivity index (χ3v) is 5.85. The number of nitrogens with one attached hydrogen (secondary N) is 1. The van der Waals surface area contributed by atoms with Gasteiger partial charge in [0.25, 0.3) is 0 Å². The molecule has 0 saturated carbocycles. The third kappa shape index (κ3) is 6.85. The standard InChI is InChI=1S/C23H31NO6/c25-22(26)11-7-2-1-6-10-18-19(21-13-12-20(18)30-21)14-15-28-23(27)24-29-16-17-8-4-3-5-9-17/h1,3-6,8-9,18-21H,2,7,10-16H2,(H,24,27)(H,25,26)/t18-,19+,20-,21+/m1/s1. The second-order valence-electron chi connectivity index (χ2n) is 7.91. The Bertz CT molecular complexity index is 707. The summed E-state index contributed by atoms with van der Waals surface area (Å²) in [5.74, 6) is 0.0605. The number of carbonyl (C=O) groups is 2. The van der Waals surface area contributed by atoms with Crippen LogP contribution in [0.4, 0.5) is 4.79 Å². The van der Waals surface area contributed by atoms with Crippen molar-refractivity contribution < 1.29 is 29.0 Å². The summed E-state index contributed by atoms with van der Waals surface area (Å²) in [6.45, 7) is 0.619. The van der Waals surface area contributed by atoms with E-state index in [1.165, 1.54) is 0 Å². The summed E-state index contributed by atoms with van der Waals surface area (Å²) in [6, 6.07) is 9.59. The number of hydrogen-bond acceptors (Lipinski definition) is 5. The number of carboxylic acid groups (broad SMARTS) is 1. The Morgan fingerprint density at radius 2 is 1.90 bits per heavy atom. The number of carbonyl (C=O) groups excluding carboxylic acids is 1. The molecule has 2 heterocycles. The lowest BCUT2D eigenvalue weighted by atomic mass is 9.76. The van der Waals surface area contributed by atoms with E-state index in [9.17, 15) is 9.59 Å². The van der Waals surface area contributed by atoms with Crippen LogP contribution < -0.4 is 5.48 Å². The van der Waals surface area contributed by atoms with Gasteiger partial charge >= 0.3 is 12.1 Å². The van der Waals surface area contributed by atoms with Crippen LogP contribution in [0.25, 0.3) is 0 Å². The van der Waals surface area contributed by atoms with Gasteiger partial charge in [-0.2, -0.15) is 5.48 Å². The molecule has 0 aliphatic carbocycles. The molecule has 2 N–H and O–H groups in total. The third-order valence-electron chi connectivity index (χ3n) is 5.85. The normalized spacial score (nSPS) is 24.9. The van der Waals surface area contributed by atoms with Crippen molar-refractivity contribution in [3.8, 4) is 0 Å². The van der Waals surface area contributed by atoms with E-state index < -0.39 is 12.1 Å². The summed E-state index contributed by atoms with van der Waals surface area (Å²) in [6.07, 6.45) is 9.68. The van der Waals surface area contributed by atoms with Crippen molar-refractivity contribution in [3.63, 3.8) is 0 Å². The Morgan fingerprint density at radius 1 is 1.13 bits per heavy atom. The van der Waals surface area contributed by atoms with E-state index in [4.69, 9.17) is 19.4 Å². The number of rotatable bonds is 12. The molecule has 4 atom stereocenters. The highest BCUT2D eigenvalue weighted by Crippen LogP contribution is 2.46. The molecule has 2 fully saturated rings. The monoisotopic (exact) mass is 417 g/mol. The molecule has 2 bridgehead atoms. The summed E-state index contributed by atoms with van der Waals surface area (Å²) < 4.78 is 11.4. The van der Waals surface area contributed by atoms with Crippen molar-refractivity contribution in [1.29, 1.82) is 0 Å². The van der Waals surface area contributed by atoms with Crippen LogP contribution in [0.15, 0.2) is 42.5 Å². The number of benzene rings is 1. The van der Waals surface area contributed by atoms with Crippen LogP contribution >= 0.6 is 0 Å². The van der Waals surface area contributed by atoms with Gasteiger partial charge in [-0.25, -0.2) is 4.79 Å². The van der Waals surface area contributed by atoms with E-state index >= 15 is 0 Å². The van der Waals surface area contributed by atoms with Crippen molar-refractivity contribution in [2.75, 3.05) is 6.61 Å². The molecule has 1 aromatic rings. The molecule has 1 amide bonds. The predicted molar refractivity (Wildman–Crippen MR) is 110 cm³/mol. The van der Waals surface area contributed by atoms with E-state index in [0.29, 0.717) is 24.9 Å². The average Bonchev–Trinajstić information content (AvgIpc) is 3.33. The fourth-order valence-electron chi connectivity index (χ4n) is 4.41. The Hall–Kier alpha value is -2.38. The molecule has 2 saturated heterocycles. The van der Waals surface area contributed by atoms with E-state index in [1.807, 2.05) is 30.3 Å². The zero-order chi connectivity index (χ0) is 21.2. The minimum absolute atomic E-state index is 0.207. The molecule has 2 aliphatic heterocycles. The van der Waals surface area contributed by atoms with Crippen molar-refractivity contribution in [3.05, 3.63) is 48.0 Å². The van der Waals surface area contributed by atoms with Gasteiger partial charge in [0, 0.05) is 6.42 Å². The van der Waals surface area contributed by atoms with Crippen molar-refractivity contribution in [2.24, 2.45) is 11.8 Å². The number of fused-ring (bicyclic) bond motifs is 2. The summed E-state index contributed by atoms with van der Waals surface area (Å²) in [5.41, 5.74) is 3.29. The summed E-state index contributed by atoms with van der Waals surface area (Å²) >= 11 is 0. The topological polar surface area (TPSA) is 94.1 Å². The van der Waals surface area contributed by atoms with E-state index in [2.05, 4.69) is 17.6 Å². The maximum Gasteiger partial charge on any atom is 0.431 e. The first kappa shape index (κ1) is 22.3. The first-order chi connectivity index (χ1) is 14.6. The molecule has 3 rings (SSSR count). The predicted octanol–water partition coefficient (Wildman–Crippen LogP) is 4.23. The lowest BCUT2D eigenvalue weighted by Gasteiger charge is -2.27. The Labute approximate surface area is 177 Å². The molecule has 0 aromatic heterocycles. The molecule has 0 spiro atoms. The summed E-state index contributed by atoms with van der Waals surface area (Å²) in [5, 5.41) is 8.68. The quantitative estimate of drug-likeness (QED) is 0.300. The van der Waals surface area contributed by atoms with E-state index in [0.717, 1.165) is 37.7 Å². The van der Waals surface area contributed by atoms with Gasteiger partial charge in [0.15, 0.2) is 0 Å². The highest BCUT2D eigenvalue weighted by atomic mass is 16.7. The van der Waals surface area contributed by atoms with Gasteiger partial charge in [0.05, 0.1) is 25.4 Å². The smallest absolute Gasteiger partial charge is 0.431 e. The molecule has 164 valence electrons. The molecule has 30 heavy (non-hydrogen) atoms. The Kier molecular flexibility index (Phi) is 8.71. The number of allylic oxidation sites excluding steroid dienone is 2. The van der Waals surface area contributed by atoms with Crippen LogP contribution in [0.5, 0.6) is 0 Å². The number of amides is 1. The molecule has 1 aromatic carbocycles. The highest BCUT2D eigenvalue weighted by Gasteiger charge is 2.47. The summed E-state index contributed by atoms with van der Waals surface area (Å²) in [7, 11) is 0. The van der Waals surface area contributed by atoms with Crippen LogP contribution in [-0.4, -0.2) is 36.0 Å². The molecular formula is C23H31NO6. The van der Waals surface area contributed by atoms with E-state index in [-0.39, 0.29) is 25.2 Å². The van der Waals surface area contributed by atoms with E-state index in [1.54, 1.807) is 0 Å². The Morgan fingerprint density at radius 3 is 2.67 bits per heavy atom. The lowest BCUT2D eigenvalue weighted by molar-refractivity contribution is -0.137. The largest absolute Gasteiger partial charge is 0.481 e. The SMILES string of the molecule is O=C(O)CCCC=CC[C@@H]1[C@H](CCOC(=O)NOCc2ccccc2)[C@@H]2CC[C@H]1O2. The van der Waals surface area contributed by atoms with Crippen LogP contribution in [0.2, 0.25) is 0 Å². The lowest BCUT2D eigenvalue weighted by Crippen LogP contribution is -2.30. The second kappa shape index (κ2) is 11.7. The minimum Gasteiger partial charge on any atom is -0.481 e. The van der Waals surface area contributed by atoms with Crippen molar-refractivity contribution in [2.45, 2.75) is 63.8 Å². The van der Waals surface area contributed by atoms with Gasteiger partial charge in [0.2, 0.25) is 0 Å². The number of ether oxygens (including phenoxy) is 2. The van der Waals surface area contributed by atoms with Crippen LogP contribution in [-0.2, 0) is 25.7 Å². The molecule has 0 radical (unpaired) electrons. The molecule has 7 nitrogen and oxygen atoms in total. The van der Waals surface area contributed by atoms with Crippen LogP contribution in [0, 0.1) is 11.8 Å². The fraction of sp³-hybridized carbons (Fsp3) is 0.565. The minimum atomic E-state index is -0.750. The fourth-order valence-corrected chi connectivity index (χ4v) is 4.41. The van der Waals surface area contributed by atoms with Gasteiger partial charge in [-0.3, -0.25) is 9.63 Å². The Balaban J connectivity index is 1.33. The number of hydrogen-bond donors (Lipinski definition) is 2. The number of carboxylic acids is 1. The first-order valence-corrected chi connectivity index (χ1v) is 10.7. The van der Waals surface area contributed by atoms with Gasteiger partial charge in [-0.1, -0.05) is 42.5 Å². The number of aliphatic carboxylic acids is 1. The zero-order valence-electron chi connectivity index (χ0n) is 17.2.